The Balaban J connectivity index is 1.66. The zero-order valence-corrected chi connectivity index (χ0v) is 16.3. The number of ether oxygens (including phenoxy) is 2. The maximum absolute atomic E-state index is 13.0. The second kappa shape index (κ2) is 7.44. The van der Waals surface area contributed by atoms with Gasteiger partial charge < -0.3 is 14.4 Å². The first-order valence-corrected chi connectivity index (χ1v) is 10.8. The number of hydrogen-bond donors (Lipinski definition) is 0. The minimum atomic E-state index is -3.56. The molecule has 2 aliphatic heterocycles. The van der Waals surface area contributed by atoms with Crippen molar-refractivity contribution in [1.82, 2.24) is 9.21 Å². The number of esters is 1. The monoisotopic (exact) mass is 388 g/mol. The summed E-state index contributed by atoms with van der Waals surface area (Å²) in [5.41, 5.74) is -0.789. The maximum atomic E-state index is 13.0. The van der Waals surface area contributed by atoms with Gasteiger partial charge >= 0.3 is 5.97 Å². The van der Waals surface area contributed by atoms with Crippen LogP contribution in [-0.4, -0.2) is 80.7 Å². The summed E-state index contributed by atoms with van der Waals surface area (Å²) in [6.45, 7) is 3.05. The average Bonchev–Trinajstić information content (AvgIpc) is 3.37. The molecule has 0 bridgehead atoms. The van der Waals surface area contributed by atoms with Crippen LogP contribution in [0.25, 0.3) is 0 Å². The molecule has 3 fully saturated rings. The van der Waals surface area contributed by atoms with Crippen LogP contribution < -0.4 is 0 Å². The Labute approximate surface area is 154 Å². The molecule has 1 atom stereocenters. The third-order valence-corrected chi connectivity index (χ3v) is 7.94. The van der Waals surface area contributed by atoms with Crippen LogP contribution in [0.15, 0.2) is 0 Å². The van der Waals surface area contributed by atoms with Gasteiger partial charge in [0.25, 0.3) is 0 Å². The lowest BCUT2D eigenvalue weighted by molar-refractivity contribution is -0.161. The lowest BCUT2D eigenvalue weighted by Crippen LogP contribution is -2.51. The molecule has 0 aromatic rings. The van der Waals surface area contributed by atoms with Gasteiger partial charge in [-0.3, -0.25) is 9.59 Å². The summed E-state index contributed by atoms with van der Waals surface area (Å²) < 4.78 is 37.8. The molecule has 8 nitrogen and oxygen atoms in total. The number of amides is 1. The summed E-state index contributed by atoms with van der Waals surface area (Å²) in [6, 6.07) is 0.238. The zero-order valence-electron chi connectivity index (χ0n) is 15.5. The minimum Gasteiger partial charge on any atom is -0.465 e. The Morgan fingerprint density at radius 1 is 1.27 bits per heavy atom. The topological polar surface area (TPSA) is 93.2 Å². The largest absolute Gasteiger partial charge is 0.465 e. The number of rotatable bonds is 7. The highest BCUT2D eigenvalue weighted by atomic mass is 32.2. The van der Waals surface area contributed by atoms with Crippen LogP contribution in [0.2, 0.25) is 0 Å². The first-order valence-electron chi connectivity index (χ1n) is 9.28. The van der Waals surface area contributed by atoms with Crippen LogP contribution in [0.4, 0.5) is 0 Å². The first-order chi connectivity index (χ1) is 12.3. The number of carbonyl (C=O) groups excluding carboxylic acids is 2. The Bertz CT molecular complexity index is 652. The number of sulfonamides is 1. The standard InChI is InChI=1S/C17H28N2O6S/c1-3-25-16(21)17(12-24-2)6-8-18(9-7-17)26(22,23)14-10-15(20)19(11-14)13-4-5-13/h13-14H,3-12H2,1-2H3. The second-order valence-corrected chi connectivity index (χ2v) is 9.69. The van der Waals surface area contributed by atoms with Crippen molar-refractivity contribution in [1.29, 1.82) is 0 Å². The van der Waals surface area contributed by atoms with Crippen molar-refractivity contribution in [3.8, 4) is 0 Å². The lowest BCUT2D eigenvalue weighted by atomic mass is 9.79. The maximum Gasteiger partial charge on any atom is 0.314 e. The number of carbonyl (C=O) groups is 2. The van der Waals surface area contributed by atoms with Crippen molar-refractivity contribution >= 4 is 21.9 Å². The summed E-state index contributed by atoms with van der Waals surface area (Å²) in [5, 5.41) is -0.673. The molecule has 3 aliphatic rings. The molecule has 148 valence electrons. The van der Waals surface area contributed by atoms with Gasteiger partial charge in [-0.1, -0.05) is 0 Å². The SMILES string of the molecule is CCOC(=O)C1(COC)CCN(S(=O)(=O)C2CC(=O)N(C3CC3)C2)CC1. The minimum absolute atomic E-state index is 0.0571. The van der Waals surface area contributed by atoms with E-state index in [4.69, 9.17) is 9.47 Å². The van der Waals surface area contributed by atoms with Gasteiger partial charge in [0.2, 0.25) is 15.9 Å². The van der Waals surface area contributed by atoms with Gasteiger partial charge in [-0.25, -0.2) is 12.7 Å². The Morgan fingerprint density at radius 2 is 1.92 bits per heavy atom. The van der Waals surface area contributed by atoms with E-state index in [1.54, 1.807) is 11.8 Å². The Hall–Kier alpha value is -1.19. The quantitative estimate of drug-likeness (QED) is 0.585. The fourth-order valence-corrected chi connectivity index (χ4v) is 5.80. The molecule has 1 amide bonds. The summed E-state index contributed by atoms with van der Waals surface area (Å²) >= 11 is 0. The molecule has 1 unspecified atom stereocenters. The molecule has 1 aliphatic carbocycles. The first kappa shape index (κ1) is 19.6. The molecule has 0 aromatic heterocycles. The Morgan fingerprint density at radius 3 is 2.46 bits per heavy atom. The fourth-order valence-electron chi connectivity index (χ4n) is 3.98. The third-order valence-electron chi connectivity index (χ3n) is 5.70. The van der Waals surface area contributed by atoms with Crippen LogP contribution >= 0.6 is 0 Å². The summed E-state index contributed by atoms with van der Waals surface area (Å²) in [6.07, 6.45) is 2.75. The molecule has 1 saturated carbocycles. The second-order valence-electron chi connectivity index (χ2n) is 7.48. The summed E-state index contributed by atoms with van der Waals surface area (Å²) in [4.78, 5) is 26.2. The molecule has 26 heavy (non-hydrogen) atoms. The van der Waals surface area contributed by atoms with Crippen molar-refractivity contribution in [2.24, 2.45) is 5.41 Å². The predicted molar refractivity (Wildman–Crippen MR) is 93.8 cm³/mol. The van der Waals surface area contributed by atoms with Crippen LogP contribution in [0.3, 0.4) is 0 Å². The summed E-state index contributed by atoms with van der Waals surface area (Å²) in [5.74, 6) is -0.381. The number of hydrogen-bond acceptors (Lipinski definition) is 6. The van der Waals surface area contributed by atoms with Crippen LogP contribution in [0.1, 0.15) is 39.0 Å². The molecule has 2 heterocycles. The van der Waals surface area contributed by atoms with Crippen molar-refractivity contribution in [3.05, 3.63) is 0 Å². The van der Waals surface area contributed by atoms with Crippen molar-refractivity contribution in [2.75, 3.05) is 40.0 Å². The molecule has 3 rings (SSSR count). The molecule has 0 radical (unpaired) electrons. The van der Waals surface area contributed by atoms with Gasteiger partial charge in [0.1, 0.15) is 5.25 Å². The van der Waals surface area contributed by atoms with Gasteiger partial charge in [0, 0.05) is 39.2 Å². The van der Waals surface area contributed by atoms with Crippen LogP contribution in [0.5, 0.6) is 0 Å². The van der Waals surface area contributed by atoms with E-state index in [1.165, 1.54) is 11.4 Å². The molecule has 9 heteroatoms. The average molecular weight is 388 g/mol. The van der Waals surface area contributed by atoms with Crippen LogP contribution in [0, 0.1) is 5.41 Å². The molecule has 0 N–H and O–H groups in total. The molecule has 2 saturated heterocycles. The highest BCUT2D eigenvalue weighted by molar-refractivity contribution is 7.89. The van der Waals surface area contributed by atoms with Gasteiger partial charge in [-0.2, -0.15) is 0 Å². The zero-order chi connectivity index (χ0) is 18.9. The number of piperidine rings is 1. The number of methoxy groups -OCH3 is 1. The molecular weight excluding hydrogens is 360 g/mol. The van der Waals surface area contributed by atoms with E-state index in [-0.39, 0.29) is 50.6 Å². The van der Waals surface area contributed by atoms with E-state index in [0.717, 1.165) is 12.8 Å². The van der Waals surface area contributed by atoms with Crippen molar-refractivity contribution in [3.63, 3.8) is 0 Å². The smallest absolute Gasteiger partial charge is 0.314 e. The van der Waals surface area contributed by atoms with Gasteiger partial charge in [0.15, 0.2) is 0 Å². The highest BCUT2D eigenvalue weighted by Crippen LogP contribution is 2.37. The number of nitrogens with zero attached hydrogens (tertiary/aromatic N) is 2. The Kier molecular flexibility index (Phi) is 5.60. The van der Waals surface area contributed by atoms with Gasteiger partial charge in [0.05, 0.1) is 18.6 Å². The van der Waals surface area contributed by atoms with E-state index < -0.39 is 20.7 Å². The predicted octanol–water partition coefficient (Wildman–Crippen LogP) is 0.371. The van der Waals surface area contributed by atoms with E-state index in [1.807, 2.05) is 0 Å². The van der Waals surface area contributed by atoms with E-state index in [0.29, 0.717) is 19.4 Å². The van der Waals surface area contributed by atoms with Gasteiger partial charge in [-0.15, -0.1) is 0 Å². The lowest BCUT2D eigenvalue weighted by Gasteiger charge is -2.39. The van der Waals surface area contributed by atoms with Crippen molar-refractivity contribution < 1.29 is 27.5 Å². The van der Waals surface area contributed by atoms with E-state index in [9.17, 15) is 18.0 Å². The highest BCUT2D eigenvalue weighted by Gasteiger charge is 2.49. The molecular formula is C17H28N2O6S. The van der Waals surface area contributed by atoms with E-state index >= 15 is 0 Å². The van der Waals surface area contributed by atoms with Crippen molar-refractivity contribution in [2.45, 2.75) is 50.3 Å². The third kappa shape index (κ3) is 3.61. The molecule has 0 aromatic carbocycles. The number of likely N-dealkylation sites (tertiary alicyclic amines) is 1. The van der Waals surface area contributed by atoms with Crippen LogP contribution in [-0.2, 0) is 29.1 Å². The van der Waals surface area contributed by atoms with Gasteiger partial charge in [-0.05, 0) is 32.6 Å². The fraction of sp³-hybridized carbons (Fsp3) is 0.882. The summed E-state index contributed by atoms with van der Waals surface area (Å²) in [7, 11) is -2.03. The van der Waals surface area contributed by atoms with E-state index in [2.05, 4.69) is 0 Å². The normalized spacial score (nSPS) is 26.9. The molecule has 0 spiro atoms.